The van der Waals surface area contributed by atoms with Crippen molar-refractivity contribution in [3.63, 3.8) is 0 Å². The van der Waals surface area contributed by atoms with Crippen LogP contribution in [0.2, 0.25) is 0 Å². The molecule has 0 aliphatic carbocycles. The maximum absolute atomic E-state index is 11.4. The predicted molar refractivity (Wildman–Crippen MR) is 57.7 cm³/mol. The molecule has 1 amide bonds. The molecule has 0 radical (unpaired) electrons. The Morgan fingerprint density at radius 3 is 2.75 bits per heavy atom. The highest BCUT2D eigenvalue weighted by Crippen LogP contribution is 2.26. The van der Waals surface area contributed by atoms with Crippen LogP contribution in [0.15, 0.2) is 24.5 Å². The summed E-state index contributed by atoms with van der Waals surface area (Å²) in [5.41, 5.74) is -0.887. The molecule has 1 aromatic rings. The first-order valence-electron chi connectivity index (χ1n) is 4.93. The Hall–Kier alpha value is -1.91. The average Bonchev–Trinajstić information content (AvgIpc) is 2.31. The quantitative estimate of drug-likeness (QED) is 0.750. The topological polar surface area (TPSA) is 70.5 Å². The fourth-order valence-electron chi connectivity index (χ4n) is 1.56. The van der Waals surface area contributed by atoms with Gasteiger partial charge in [0.05, 0.1) is 0 Å². The number of pyridine rings is 1. The zero-order chi connectivity index (χ0) is 12.2. The van der Waals surface area contributed by atoms with Gasteiger partial charge in [0.1, 0.15) is 0 Å². The lowest BCUT2D eigenvalue weighted by atomic mass is 9.92. The molecule has 0 aliphatic heterocycles. The number of carboxylic acid groups (broad SMARTS) is 1. The fourth-order valence-corrected chi connectivity index (χ4v) is 1.56. The van der Waals surface area contributed by atoms with Crippen molar-refractivity contribution in [2.24, 2.45) is 0 Å². The molecule has 0 bridgehead atoms. The number of carboxylic acids is 1. The number of carbonyl (C=O) groups is 2. The molecule has 0 aliphatic rings. The molecular weight excluding hydrogens is 208 g/mol. The molecule has 1 heterocycles. The van der Waals surface area contributed by atoms with E-state index in [1.165, 1.54) is 18.0 Å². The van der Waals surface area contributed by atoms with Gasteiger partial charge in [-0.3, -0.25) is 9.78 Å². The number of nitrogens with zero attached hydrogens (tertiary/aromatic N) is 2. The van der Waals surface area contributed by atoms with Crippen LogP contribution in [0, 0.1) is 0 Å². The van der Waals surface area contributed by atoms with Crippen LogP contribution in [0.1, 0.15) is 19.4 Å². The lowest BCUT2D eigenvalue weighted by Gasteiger charge is -2.34. The Bertz CT molecular complexity index is 380. The SMILES string of the molecule is CCN(C=O)C(C)(C(=O)O)c1cccnc1. The van der Waals surface area contributed by atoms with E-state index in [9.17, 15) is 14.7 Å². The molecule has 5 heteroatoms. The Labute approximate surface area is 93.7 Å². The van der Waals surface area contributed by atoms with Crippen molar-refractivity contribution in [3.8, 4) is 0 Å². The molecule has 1 atom stereocenters. The Kier molecular flexibility index (Phi) is 3.60. The average molecular weight is 222 g/mol. The summed E-state index contributed by atoms with van der Waals surface area (Å²) in [7, 11) is 0. The van der Waals surface area contributed by atoms with E-state index < -0.39 is 11.5 Å². The second kappa shape index (κ2) is 4.74. The number of aromatic nitrogens is 1. The number of likely N-dealkylation sites (N-methyl/N-ethyl adjacent to an activating group) is 1. The zero-order valence-electron chi connectivity index (χ0n) is 9.25. The molecule has 0 aromatic carbocycles. The largest absolute Gasteiger partial charge is 0.479 e. The van der Waals surface area contributed by atoms with Crippen LogP contribution >= 0.6 is 0 Å². The summed E-state index contributed by atoms with van der Waals surface area (Å²) in [6, 6.07) is 3.29. The first kappa shape index (κ1) is 12.2. The van der Waals surface area contributed by atoms with E-state index in [0.29, 0.717) is 18.5 Å². The van der Waals surface area contributed by atoms with Crippen molar-refractivity contribution < 1.29 is 14.7 Å². The second-order valence-electron chi connectivity index (χ2n) is 3.51. The van der Waals surface area contributed by atoms with Crippen LogP contribution in [-0.4, -0.2) is 33.9 Å². The second-order valence-corrected chi connectivity index (χ2v) is 3.51. The zero-order valence-corrected chi connectivity index (χ0v) is 9.25. The van der Waals surface area contributed by atoms with Gasteiger partial charge in [-0.05, 0) is 19.9 Å². The maximum Gasteiger partial charge on any atom is 0.334 e. The molecule has 0 saturated carbocycles. The minimum atomic E-state index is -1.37. The summed E-state index contributed by atoms with van der Waals surface area (Å²) in [6.07, 6.45) is 3.56. The first-order chi connectivity index (χ1) is 7.57. The van der Waals surface area contributed by atoms with Crippen LogP contribution in [0.5, 0.6) is 0 Å². The third-order valence-electron chi connectivity index (χ3n) is 2.68. The van der Waals surface area contributed by atoms with E-state index in [0.717, 1.165) is 0 Å². The van der Waals surface area contributed by atoms with Crippen LogP contribution in [0.25, 0.3) is 0 Å². The number of hydrogen-bond donors (Lipinski definition) is 1. The molecule has 1 aromatic heterocycles. The van der Waals surface area contributed by atoms with Crippen molar-refractivity contribution in [1.82, 2.24) is 9.88 Å². The number of aliphatic carboxylic acids is 1. The normalized spacial score (nSPS) is 13.9. The molecular formula is C11H14N2O3. The molecule has 86 valence electrons. The van der Waals surface area contributed by atoms with E-state index in [-0.39, 0.29) is 0 Å². The smallest absolute Gasteiger partial charge is 0.334 e. The number of carbonyl (C=O) groups excluding carboxylic acids is 1. The standard InChI is InChI=1S/C11H14N2O3/c1-3-13(8-14)11(2,10(15)16)9-5-4-6-12-7-9/h4-8H,3H2,1-2H3,(H,15,16). The number of rotatable bonds is 5. The van der Waals surface area contributed by atoms with Gasteiger partial charge in [0.2, 0.25) is 6.41 Å². The van der Waals surface area contributed by atoms with Gasteiger partial charge in [0.25, 0.3) is 0 Å². The van der Waals surface area contributed by atoms with Crippen LogP contribution in [0.3, 0.4) is 0 Å². The Morgan fingerprint density at radius 2 is 2.38 bits per heavy atom. The van der Waals surface area contributed by atoms with Gasteiger partial charge in [-0.2, -0.15) is 0 Å². The molecule has 1 N–H and O–H groups in total. The van der Waals surface area contributed by atoms with Crippen LogP contribution in [-0.2, 0) is 15.1 Å². The predicted octanol–water partition coefficient (Wildman–Crippen LogP) is 0.860. The lowest BCUT2D eigenvalue weighted by Crippen LogP contribution is -2.49. The summed E-state index contributed by atoms with van der Waals surface area (Å²) in [5, 5.41) is 9.29. The van der Waals surface area contributed by atoms with Gasteiger partial charge >= 0.3 is 5.97 Å². The summed E-state index contributed by atoms with van der Waals surface area (Å²) in [4.78, 5) is 27.4. The molecule has 1 rings (SSSR count). The van der Waals surface area contributed by atoms with Gasteiger partial charge in [-0.1, -0.05) is 6.07 Å². The van der Waals surface area contributed by atoms with E-state index in [1.54, 1.807) is 25.3 Å². The van der Waals surface area contributed by atoms with Crippen molar-refractivity contribution >= 4 is 12.4 Å². The van der Waals surface area contributed by atoms with Crippen molar-refractivity contribution in [2.45, 2.75) is 19.4 Å². The fraction of sp³-hybridized carbons (Fsp3) is 0.364. The summed E-state index contributed by atoms with van der Waals surface area (Å²) < 4.78 is 0. The Morgan fingerprint density at radius 1 is 1.69 bits per heavy atom. The first-order valence-corrected chi connectivity index (χ1v) is 4.93. The van der Waals surface area contributed by atoms with Crippen LogP contribution < -0.4 is 0 Å². The number of amides is 1. The van der Waals surface area contributed by atoms with Gasteiger partial charge in [-0.25, -0.2) is 4.79 Å². The van der Waals surface area contributed by atoms with Gasteiger partial charge in [-0.15, -0.1) is 0 Å². The maximum atomic E-state index is 11.4. The van der Waals surface area contributed by atoms with E-state index in [1.807, 2.05) is 0 Å². The highest BCUT2D eigenvalue weighted by molar-refractivity contribution is 5.82. The summed E-state index contributed by atoms with van der Waals surface area (Å²) in [5.74, 6) is -1.07. The molecule has 16 heavy (non-hydrogen) atoms. The monoisotopic (exact) mass is 222 g/mol. The lowest BCUT2D eigenvalue weighted by molar-refractivity contribution is -0.154. The molecule has 1 unspecified atom stereocenters. The molecule has 0 saturated heterocycles. The van der Waals surface area contributed by atoms with Crippen molar-refractivity contribution in [2.75, 3.05) is 6.54 Å². The molecule has 0 spiro atoms. The summed E-state index contributed by atoms with van der Waals surface area (Å²) in [6.45, 7) is 3.54. The third kappa shape index (κ3) is 1.88. The van der Waals surface area contributed by atoms with Gasteiger partial charge in [0, 0.05) is 24.5 Å². The molecule has 0 fully saturated rings. The third-order valence-corrected chi connectivity index (χ3v) is 2.68. The highest BCUT2D eigenvalue weighted by Gasteiger charge is 2.40. The van der Waals surface area contributed by atoms with Gasteiger partial charge in [0.15, 0.2) is 5.54 Å². The minimum absolute atomic E-state index is 0.321. The van der Waals surface area contributed by atoms with E-state index in [4.69, 9.17) is 0 Å². The van der Waals surface area contributed by atoms with Gasteiger partial charge < -0.3 is 10.0 Å². The Balaban J connectivity index is 3.26. The van der Waals surface area contributed by atoms with Crippen molar-refractivity contribution in [3.05, 3.63) is 30.1 Å². The number of hydrogen-bond acceptors (Lipinski definition) is 3. The molecule has 5 nitrogen and oxygen atoms in total. The minimum Gasteiger partial charge on any atom is -0.479 e. The van der Waals surface area contributed by atoms with Crippen molar-refractivity contribution in [1.29, 1.82) is 0 Å². The highest BCUT2D eigenvalue weighted by atomic mass is 16.4. The summed E-state index contributed by atoms with van der Waals surface area (Å²) >= 11 is 0. The van der Waals surface area contributed by atoms with E-state index >= 15 is 0 Å². The van der Waals surface area contributed by atoms with Crippen LogP contribution in [0.4, 0.5) is 0 Å². The van der Waals surface area contributed by atoms with E-state index in [2.05, 4.69) is 4.98 Å².